The summed E-state index contributed by atoms with van der Waals surface area (Å²) in [5.74, 6) is -0.875. The Morgan fingerprint density at radius 1 is 1.21 bits per heavy atom. The number of ether oxygens (including phenoxy) is 2. The van der Waals surface area contributed by atoms with E-state index in [-0.39, 0.29) is 5.56 Å². The molecule has 19 heavy (non-hydrogen) atoms. The lowest BCUT2D eigenvalue weighted by molar-refractivity contribution is -0.127. The van der Waals surface area contributed by atoms with Crippen molar-refractivity contribution in [2.75, 3.05) is 7.11 Å². The van der Waals surface area contributed by atoms with Crippen LogP contribution in [0.25, 0.3) is 0 Å². The molecule has 0 fully saturated rings. The van der Waals surface area contributed by atoms with Gasteiger partial charge >= 0.3 is 12.0 Å². The summed E-state index contributed by atoms with van der Waals surface area (Å²) in [6.45, 7) is 1.33. The first kappa shape index (κ1) is 14.5. The van der Waals surface area contributed by atoms with Crippen molar-refractivity contribution >= 4 is 17.9 Å². The summed E-state index contributed by atoms with van der Waals surface area (Å²) >= 11 is 0. The molecule has 1 atom stereocenters. The van der Waals surface area contributed by atoms with Gasteiger partial charge in [0.1, 0.15) is 5.75 Å². The average Bonchev–Trinajstić information content (AvgIpc) is 2.37. The Balaban J connectivity index is 2.63. The lowest BCUT2D eigenvalue weighted by atomic mass is 10.2. The van der Waals surface area contributed by atoms with E-state index in [2.05, 4.69) is 0 Å². The highest BCUT2D eigenvalue weighted by atomic mass is 16.5. The van der Waals surface area contributed by atoms with Gasteiger partial charge in [-0.1, -0.05) is 0 Å². The quantitative estimate of drug-likeness (QED) is 0.768. The molecule has 7 heteroatoms. The van der Waals surface area contributed by atoms with E-state index in [1.54, 1.807) is 12.1 Å². The number of nitrogens with two attached hydrogens (primary N) is 1. The fourth-order valence-corrected chi connectivity index (χ4v) is 1.23. The van der Waals surface area contributed by atoms with Gasteiger partial charge in [-0.15, -0.1) is 0 Å². The molecule has 0 saturated heterocycles. The molecular weight excluding hydrogens is 252 g/mol. The molecule has 3 amide bonds. The predicted octanol–water partition coefficient (Wildman–Crippen LogP) is 0.435. The minimum atomic E-state index is -1.12. The number of primary amides is 1. The van der Waals surface area contributed by atoms with Crippen LogP contribution in [0.4, 0.5) is 4.79 Å². The third-order valence-corrected chi connectivity index (χ3v) is 2.23. The zero-order valence-corrected chi connectivity index (χ0v) is 10.5. The normalized spacial score (nSPS) is 11.3. The Kier molecular flexibility index (Phi) is 4.87. The second-order valence-electron chi connectivity index (χ2n) is 3.63. The van der Waals surface area contributed by atoms with Crippen LogP contribution >= 0.6 is 0 Å². The maximum absolute atomic E-state index is 11.7. The molecule has 0 aliphatic rings. The largest absolute Gasteiger partial charge is 0.497 e. The number of urea groups is 1. The number of methoxy groups -OCH3 is 1. The van der Waals surface area contributed by atoms with E-state index in [4.69, 9.17) is 15.2 Å². The summed E-state index contributed by atoms with van der Waals surface area (Å²) in [6, 6.07) is 5.17. The molecule has 1 aromatic carbocycles. The van der Waals surface area contributed by atoms with Gasteiger partial charge in [-0.3, -0.25) is 10.1 Å². The third-order valence-electron chi connectivity index (χ3n) is 2.23. The summed E-state index contributed by atoms with van der Waals surface area (Å²) in [4.78, 5) is 33.5. The first-order valence-corrected chi connectivity index (χ1v) is 5.39. The lowest BCUT2D eigenvalue weighted by Crippen LogP contribution is -2.42. The highest BCUT2D eigenvalue weighted by Gasteiger charge is 2.19. The van der Waals surface area contributed by atoms with Crippen LogP contribution in [-0.2, 0) is 9.53 Å². The van der Waals surface area contributed by atoms with Crippen molar-refractivity contribution in [1.82, 2.24) is 5.32 Å². The lowest BCUT2D eigenvalue weighted by Gasteiger charge is -2.12. The minimum absolute atomic E-state index is 0.263. The SMILES string of the molecule is COc1ccc(C(=O)OC(C)C(=O)NC(N)=O)cc1. The van der Waals surface area contributed by atoms with Crippen molar-refractivity contribution in [2.45, 2.75) is 13.0 Å². The van der Waals surface area contributed by atoms with Crippen molar-refractivity contribution < 1.29 is 23.9 Å². The Hall–Kier alpha value is -2.57. The highest BCUT2D eigenvalue weighted by Crippen LogP contribution is 2.12. The van der Waals surface area contributed by atoms with Crippen LogP contribution in [0.5, 0.6) is 5.75 Å². The van der Waals surface area contributed by atoms with Crippen LogP contribution < -0.4 is 15.8 Å². The Bertz CT molecular complexity index is 483. The van der Waals surface area contributed by atoms with E-state index in [1.165, 1.54) is 26.2 Å². The Morgan fingerprint density at radius 3 is 2.26 bits per heavy atom. The average molecular weight is 266 g/mol. The zero-order chi connectivity index (χ0) is 14.4. The summed E-state index contributed by atoms with van der Waals surface area (Å²) in [5, 5.41) is 1.82. The second kappa shape index (κ2) is 6.39. The predicted molar refractivity (Wildman–Crippen MR) is 65.6 cm³/mol. The molecule has 0 saturated carbocycles. The van der Waals surface area contributed by atoms with Crippen LogP contribution in [0.2, 0.25) is 0 Å². The molecule has 0 bridgehead atoms. The van der Waals surface area contributed by atoms with Gasteiger partial charge in [0.05, 0.1) is 12.7 Å². The van der Waals surface area contributed by atoms with Crippen LogP contribution in [0, 0.1) is 0 Å². The van der Waals surface area contributed by atoms with E-state index < -0.39 is 24.0 Å². The number of esters is 1. The summed E-state index contributed by atoms with van der Waals surface area (Å²) < 4.78 is 9.82. The molecule has 0 aromatic heterocycles. The van der Waals surface area contributed by atoms with Crippen LogP contribution in [-0.4, -0.2) is 31.1 Å². The van der Waals surface area contributed by atoms with Gasteiger partial charge in [0.2, 0.25) is 0 Å². The smallest absolute Gasteiger partial charge is 0.338 e. The third kappa shape index (κ3) is 4.30. The first-order valence-electron chi connectivity index (χ1n) is 5.39. The fourth-order valence-electron chi connectivity index (χ4n) is 1.23. The number of imide groups is 1. The Labute approximate surface area is 109 Å². The maximum atomic E-state index is 11.7. The standard InChI is InChI=1S/C12H14N2O5/c1-7(10(15)14-12(13)17)19-11(16)8-3-5-9(18-2)6-4-8/h3-7H,1-2H3,(H3,13,14,15,17). The number of hydrogen-bond donors (Lipinski definition) is 2. The van der Waals surface area contributed by atoms with Crippen molar-refractivity contribution in [3.05, 3.63) is 29.8 Å². The van der Waals surface area contributed by atoms with Gasteiger partial charge < -0.3 is 15.2 Å². The molecule has 102 valence electrons. The van der Waals surface area contributed by atoms with Gasteiger partial charge in [0, 0.05) is 0 Å². The number of rotatable bonds is 4. The van der Waals surface area contributed by atoms with E-state index in [0.29, 0.717) is 5.75 Å². The number of carbonyl (C=O) groups is 3. The van der Waals surface area contributed by atoms with Crippen molar-refractivity contribution in [1.29, 1.82) is 0 Å². The topological polar surface area (TPSA) is 108 Å². The molecule has 0 aliphatic carbocycles. The molecule has 0 heterocycles. The van der Waals surface area contributed by atoms with Gasteiger partial charge in [-0.2, -0.15) is 0 Å². The highest BCUT2D eigenvalue weighted by molar-refractivity contribution is 5.98. The fraction of sp³-hybridized carbons (Fsp3) is 0.250. The van der Waals surface area contributed by atoms with E-state index in [0.717, 1.165) is 0 Å². The maximum Gasteiger partial charge on any atom is 0.338 e. The molecule has 1 aromatic rings. The van der Waals surface area contributed by atoms with E-state index in [1.807, 2.05) is 5.32 Å². The Morgan fingerprint density at radius 2 is 1.79 bits per heavy atom. The molecular formula is C12H14N2O5. The number of hydrogen-bond acceptors (Lipinski definition) is 5. The number of carbonyl (C=O) groups excluding carboxylic acids is 3. The minimum Gasteiger partial charge on any atom is -0.497 e. The molecule has 1 unspecified atom stereocenters. The number of nitrogens with one attached hydrogen (secondary N) is 1. The summed E-state index contributed by atoms with van der Waals surface area (Å²) in [6.07, 6.45) is -1.12. The monoisotopic (exact) mass is 266 g/mol. The number of benzene rings is 1. The van der Waals surface area contributed by atoms with Gasteiger partial charge in [-0.25, -0.2) is 9.59 Å². The molecule has 3 N–H and O–H groups in total. The van der Waals surface area contributed by atoms with Crippen molar-refractivity contribution in [2.24, 2.45) is 5.73 Å². The van der Waals surface area contributed by atoms with Gasteiger partial charge in [0.25, 0.3) is 5.91 Å². The van der Waals surface area contributed by atoms with E-state index >= 15 is 0 Å². The zero-order valence-electron chi connectivity index (χ0n) is 10.5. The van der Waals surface area contributed by atoms with Crippen LogP contribution in [0.15, 0.2) is 24.3 Å². The number of amides is 3. The molecule has 0 spiro atoms. The van der Waals surface area contributed by atoms with Crippen LogP contribution in [0.3, 0.4) is 0 Å². The van der Waals surface area contributed by atoms with E-state index in [9.17, 15) is 14.4 Å². The van der Waals surface area contributed by atoms with Gasteiger partial charge in [-0.05, 0) is 31.2 Å². The molecule has 1 rings (SSSR count). The molecule has 7 nitrogen and oxygen atoms in total. The molecule has 0 radical (unpaired) electrons. The van der Waals surface area contributed by atoms with Crippen LogP contribution in [0.1, 0.15) is 17.3 Å². The second-order valence-corrected chi connectivity index (χ2v) is 3.63. The first-order chi connectivity index (χ1) is 8.93. The molecule has 0 aliphatic heterocycles. The summed E-state index contributed by atoms with van der Waals surface area (Å²) in [5.41, 5.74) is 5.04. The van der Waals surface area contributed by atoms with Crippen molar-refractivity contribution in [3.63, 3.8) is 0 Å². The van der Waals surface area contributed by atoms with Crippen molar-refractivity contribution in [3.8, 4) is 5.75 Å². The van der Waals surface area contributed by atoms with Gasteiger partial charge in [0.15, 0.2) is 6.10 Å². The summed E-state index contributed by atoms with van der Waals surface area (Å²) in [7, 11) is 1.50.